The molecule has 1 aliphatic heterocycles. The van der Waals surface area contributed by atoms with Crippen molar-refractivity contribution in [2.45, 2.75) is 38.8 Å². The molecule has 2 aliphatic rings. The van der Waals surface area contributed by atoms with Gasteiger partial charge in [0.2, 0.25) is 0 Å². The van der Waals surface area contributed by atoms with Gasteiger partial charge in [-0.25, -0.2) is 0 Å². The van der Waals surface area contributed by atoms with Gasteiger partial charge in [0.05, 0.1) is 31.6 Å². The zero-order valence-electron chi connectivity index (χ0n) is 14.7. The summed E-state index contributed by atoms with van der Waals surface area (Å²) >= 11 is 7.66. The Morgan fingerprint density at radius 2 is 2.31 bits per heavy atom. The number of ether oxygens (including phenoxy) is 2. The number of hydrogen-bond acceptors (Lipinski definition) is 4. The van der Waals surface area contributed by atoms with Gasteiger partial charge in [-0.2, -0.15) is 4.99 Å². The van der Waals surface area contributed by atoms with Crippen LogP contribution in [0.15, 0.2) is 23.2 Å². The minimum Gasteiger partial charge on any atom is -0.496 e. The standard InChI is InChI=1S/C19H21ClN2O3S/c1-24-16-6-5-13(20)9-14(16)18(23)21-19-22(10-12-3-2-4-12)15-11-25-8-7-17(15)26-19/h5-6,9,12H,2-4,7-8,10-11H2,1H3. The summed E-state index contributed by atoms with van der Waals surface area (Å²) in [5, 5.41) is 0.491. The van der Waals surface area contributed by atoms with E-state index >= 15 is 0 Å². The van der Waals surface area contributed by atoms with E-state index in [1.54, 1.807) is 29.5 Å². The Morgan fingerprint density at radius 1 is 1.46 bits per heavy atom. The molecule has 1 amide bonds. The van der Waals surface area contributed by atoms with Gasteiger partial charge in [-0.15, -0.1) is 11.3 Å². The third kappa shape index (κ3) is 3.46. The second kappa shape index (κ2) is 7.55. The molecule has 26 heavy (non-hydrogen) atoms. The highest BCUT2D eigenvalue weighted by Crippen LogP contribution is 2.30. The first-order valence-corrected chi connectivity index (χ1v) is 10.1. The first-order valence-electron chi connectivity index (χ1n) is 8.87. The summed E-state index contributed by atoms with van der Waals surface area (Å²) in [5.41, 5.74) is 1.57. The average molecular weight is 393 g/mol. The van der Waals surface area contributed by atoms with Gasteiger partial charge >= 0.3 is 0 Å². The summed E-state index contributed by atoms with van der Waals surface area (Å²) in [6.45, 7) is 2.24. The molecule has 1 saturated carbocycles. The average Bonchev–Trinajstić information content (AvgIpc) is 2.95. The predicted molar refractivity (Wildman–Crippen MR) is 101 cm³/mol. The Bertz CT molecular complexity index is 899. The van der Waals surface area contributed by atoms with Crippen LogP contribution >= 0.6 is 22.9 Å². The van der Waals surface area contributed by atoms with Crippen LogP contribution < -0.4 is 9.54 Å². The first kappa shape index (κ1) is 17.8. The van der Waals surface area contributed by atoms with Crippen molar-refractivity contribution in [2.75, 3.05) is 13.7 Å². The number of methoxy groups -OCH3 is 1. The van der Waals surface area contributed by atoms with E-state index < -0.39 is 0 Å². The van der Waals surface area contributed by atoms with Crippen molar-refractivity contribution in [3.05, 3.63) is 44.2 Å². The van der Waals surface area contributed by atoms with Crippen LogP contribution in [0.1, 0.15) is 40.2 Å². The highest BCUT2D eigenvalue weighted by molar-refractivity contribution is 7.09. The smallest absolute Gasteiger partial charge is 0.283 e. The van der Waals surface area contributed by atoms with Gasteiger partial charge in [-0.3, -0.25) is 4.79 Å². The normalized spacial score (nSPS) is 17.7. The van der Waals surface area contributed by atoms with E-state index in [1.807, 2.05) is 0 Å². The number of carbonyl (C=O) groups is 1. The lowest BCUT2D eigenvalue weighted by atomic mass is 9.85. The molecule has 2 aromatic rings. The molecule has 0 bridgehead atoms. The van der Waals surface area contributed by atoms with E-state index in [4.69, 9.17) is 21.1 Å². The topological polar surface area (TPSA) is 52.8 Å². The minimum atomic E-state index is -0.328. The maximum atomic E-state index is 12.8. The molecule has 4 rings (SSSR count). The first-order chi connectivity index (χ1) is 12.7. The van der Waals surface area contributed by atoms with Crippen molar-refractivity contribution in [3.63, 3.8) is 0 Å². The Balaban J connectivity index is 1.75. The Kier molecular flexibility index (Phi) is 5.16. The number of hydrogen-bond donors (Lipinski definition) is 0. The van der Waals surface area contributed by atoms with Crippen LogP contribution in [0, 0.1) is 5.92 Å². The summed E-state index contributed by atoms with van der Waals surface area (Å²) in [7, 11) is 1.54. The van der Waals surface area contributed by atoms with Gasteiger partial charge in [0, 0.05) is 22.9 Å². The third-order valence-electron chi connectivity index (χ3n) is 5.06. The van der Waals surface area contributed by atoms with E-state index in [1.165, 1.54) is 36.9 Å². The molecular formula is C19H21ClN2O3S. The van der Waals surface area contributed by atoms with Crippen molar-refractivity contribution in [1.82, 2.24) is 4.57 Å². The molecular weight excluding hydrogens is 372 g/mol. The number of nitrogens with zero attached hydrogens (tertiary/aromatic N) is 2. The summed E-state index contributed by atoms with van der Waals surface area (Å²) in [6, 6.07) is 5.01. The zero-order chi connectivity index (χ0) is 18.1. The van der Waals surface area contributed by atoms with Crippen molar-refractivity contribution >= 4 is 28.8 Å². The fraction of sp³-hybridized carbons (Fsp3) is 0.474. The fourth-order valence-electron chi connectivity index (χ4n) is 3.38. The van der Waals surface area contributed by atoms with Crippen LogP contribution in [0.2, 0.25) is 5.02 Å². The third-order valence-corrected chi connectivity index (χ3v) is 6.48. The van der Waals surface area contributed by atoms with E-state index in [0.717, 1.165) is 24.4 Å². The van der Waals surface area contributed by atoms with Gasteiger partial charge < -0.3 is 14.0 Å². The highest BCUT2D eigenvalue weighted by Gasteiger charge is 2.24. The van der Waals surface area contributed by atoms with E-state index in [2.05, 4.69) is 9.56 Å². The number of benzene rings is 1. The molecule has 0 atom stereocenters. The Morgan fingerprint density at radius 3 is 3.04 bits per heavy atom. The van der Waals surface area contributed by atoms with Crippen LogP contribution in [0.5, 0.6) is 5.75 Å². The molecule has 0 unspecified atom stereocenters. The predicted octanol–water partition coefficient (Wildman–Crippen LogP) is 3.83. The molecule has 0 radical (unpaired) electrons. The number of aromatic nitrogens is 1. The molecule has 2 heterocycles. The molecule has 138 valence electrons. The number of amides is 1. The number of carbonyl (C=O) groups excluding carboxylic acids is 1. The summed E-state index contributed by atoms with van der Waals surface area (Å²) in [4.78, 5) is 19.3. The highest BCUT2D eigenvalue weighted by atomic mass is 35.5. The van der Waals surface area contributed by atoms with Crippen molar-refractivity contribution in [3.8, 4) is 5.75 Å². The maximum absolute atomic E-state index is 12.8. The monoisotopic (exact) mass is 392 g/mol. The summed E-state index contributed by atoms with van der Waals surface area (Å²) < 4.78 is 13.1. The molecule has 1 aromatic heterocycles. The van der Waals surface area contributed by atoms with Gasteiger partial charge in [0.25, 0.3) is 5.91 Å². The number of thiazole rings is 1. The Hall–Kier alpha value is -1.63. The summed E-state index contributed by atoms with van der Waals surface area (Å²) in [6.07, 6.45) is 4.66. The molecule has 0 spiro atoms. The molecule has 0 saturated heterocycles. The lowest BCUT2D eigenvalue weighted by Gasteiger charge is -2.27. The minimum absolute atomic E-state index is 0.328. The van der Waals surface area contributed by atoms with Gasteiger partial charge in [0.1, 0.15) is 5.75 Å². The van der Waals surface area contributed by atoms with E-state index in [-0.39, 0.29) is 5.91 Å². The SMILES string of the molecule is COc1ccc(Cl)cc1C(=O)N=c1sc2c(n1CC1CCC1)COCC2. The molecule has 5 nitrogen and oxygen atoms in total. The van der Waals surface area contributed by atoms with Crippen molar-refractivity contribution in [1.29, 1.82) is 0 Å². The zero-order valence-corrected chi connectivity index (χ0v) is 16.2. The fourth-order valence-corrected chi connectivity index (χ4v) is 4.67. The second-order valence-electron chi connectivity index (χ2n) is 6.73. The van der Waals surface area contributed by atoms with Crippen LogP contribution in [-0.2, 0) is 24.3 Å². The molecule has 0 N–H and O–H groups in total. The van der Waals surface area contributed by atoms with Crippen LogP contribution in [0.3, 0.4) is 0 Å². The van der Waals surface area contributed by atoms with Crippen LogP contribution in [-0.4, -0.2) is 24.2 Å². The largest absolute Gasteiger partial charge is 0.496 e. The second-order valence-corrected chi connectivity index (χ2v) is 8.22. The van der Waals surface area contributed by atoms with Crippen molar-refractivity contribution in [2.24, 2.45) is 10.9 Å². The van der Waals surface area contributed by atoms with Crippen LogP contribution in [0.25, 0.3) is 0 Å². The van der Waals surface area contributed by atoms with Gasteiger partial charge in [0.15, 0.2) is 4.80 Å². The summed E-state index contributed by atoms with van der Waals surface area (Å²) in [5.74, 6) is 0.829. The van der Waals surface area contributed by atoms with E-state index in [0.29, 0.717) is 28.9 Å². The Labute approximate surface area is 161 Å². The number of fused-ring (bicyclic) bond motifs is 1. The lowest BCUT2D eigenvalue weighted by molar-refractivity contribution is 0.0987. The molecule has 1 aromatic carbocycles. The quantitative estimate of drug-likeness (QED) is 0.794. The number of rotatable bonds is 4. The van der Waals surface area contributed by atoms with Gasteiger partial charge in [-0.1, -0.05) is 18.0 Å². The maximum Gasteiger partial charge on any atom is 0.283 e. The van der Waals surface area contributed by atoms with Gasteiger partial charge in [-0.05, 0) is 37.0 Å². The van der Waals surface area contributed by atoms with E-state index in [9.17, 15) is 4.79 Å². The molecule has 1 aliphatic carbocycles. The molecule has 7 heteroatoms. The molecule has 1 fully saturated rings. The van der Waals surface area contributed by atoms with Crippen molar-refractivity contribution < 1.29 is 14.3 Å². The lowest BCUT2D eigenvalue weighted by Crippen LogP contribution is -2.27. The van der Waals surface area contributed by atoms with Crippen LogP contribution in [0.4, 0.5) is 0 Å². The number of halogens is 1.